The van der Waals surface area contributed by atoms with Gasteiger partial charge in [-0.25, -0.2) is 4.79 Å². The Morgan fingerprint density at radius 2 is 1.59 bits per heavy atom. The van der Waals surface area contributed by atoms with Crippen LogP contribution < -0.4 is 9.64 Å². The van der Waals surface area contributed by atoms with Crippen molar-refractivity contribution in [3.05, 3.63) is 102 Å². The van der Waals surface area contributed by atoms with Gasteiger partial charge in [-0.15, -0.1) is 0 Å². The van der Waals surface area contributed by atoms with Gasteiger partial charge in [0.2, 0.25) is 11.8 Å². The third-order valence-corrected chi connectivity index (χ3v) is 10.4. The maximum absolute atomic E-state index is 12.7. The molecule has 3 fully saturated rings. The molecule has 0 saturated carbocycles. The van der Waals surface area contributed by atoms with Gasteiger partial charge in [0.1, 0.15) is 18.9 Å². The van der Waals surface area contributed by atoms with E-state index >= 15 is 0 Å². The lowest BCUT2D eigenvalue weighted by molar-refractivity contribution is 0.0758. The summed E-state index contributed by atoms with van der Waals surface area (Å²) in [5.41, 5.74) is 5.58. The molecule has 252 valence electrons. The summed E-state index contributed by atoms with van der Waals surface area (Å²) in [7, 11) is 1.97. The summed E-state index contributed by atoms with van der Waals surface area (Å²) in [6.07, 6.45) is 2.97. The van der Waals surface area contributed by atoms with Gasteiger partial charge in [-0.2, -0.15) is 10.1 Å². The van der Waals surface area contributed by atoms with E-state index < -0.39 is 0 Å². The largest absolute Gasteiger partial charge is 0.493 e. The number of aryl methyl sites for hydroxylation is 1. The minimum atomic E-state index is -0.206. The maximum Gasteiger partial charge on any atom is 0.410 e. The van der Waals surface area contributed by atoms with E-state index in [1.807, 2.05) is 83.4 Å². The zero-order chi connectivity index (χ0) is 33.3. The Hall–Kier alpha value is -5.09. The number of fused-ring (bicyclic) bond motifs is 3. The number of anilines is 1. The molecule has 10 heteroatoms. The average Bonchev–Trinajstić information content (AvgIpc) is 3.84. The molecule has 8 rings (SSSR count). The van der Waals surface area contributed by atoms with E-state index in [2.05, 4.69) is 33.0 Å². The third kappa shape index (κ3) is 6.40. The molecular formula is C39H42N6O4. The Kier molecular flexibility index (Phi) is 8.55. The van der Waals surface area contributed by atoms with Crippen LogP contribution in [0.15, 0.2) is 91.0 Å². The summed E-state index contributed by atoms with van der Waals surface area (Å²) in [5, 5.41) is 16.8. The number of piperazine rings is 1. The molecule has 0 aliphatic carbocycles. The number of benzene rings is 3. The van der Waals surface area contributed by atoms with E-state index in [1.54, 1.807) is 6.07 Å². The molecule has 1 amide bonds. The van der Waals surface area contributed by atoms with Crippen molar-refractivity contribution in [2.75, 3.05) is 37.6 Å². The Labute approximate surface area is 286 Å². The number of piperidine rings is 1. The Balaban J connectivity index is 0.890. The smallest absolute Gasteiger partial charge is 0.410 e. The van der Waals surface area contributed by atoms with Gasteiger partial charge in [0.05, 0.1) is 16.8 Å². The van der Waals surface area contributed by atoms with Crippen LogP contribution in [0.5, 0.6) is 11.8 Å². The number of pyridine rings is 1. The number of rotatable bonds is 9. The first kappa shape index (κ1) is 31.2. The van der Waals surface area contributed by atoms with Crippen molar-refractivity contribution in [1.82, 2.24) is 24.6 Å². The van der Waals surface area contributed by atoms with Crippen molar-refractivity contribution in [3.8, 4) is 23.0 Å². The molecular weight excluding hydrogens is 616 g/mol. The van der Waals surface area contributed by atoms with E-state index in [4.69, 9.17) is 14.6 Å². The summed E-state index contributed by atoms with van der Waals surface area (Å²) in [5.74, 6) is 0.864. The van der Waals surface area contributed by atoms with E-state index in [0.29, 0.717) is 48.4 Å². The van der Waals surface area contributed by atoms with Crippen LogP contribution in [-0.2, 0) is 25.0 Å². The van der Waals surface area contributed by atoms with Gasteiger partial charge in [-0.05, 0) is 48.4 Å². The Morgan fingerprint density at radius 1 is 0.857 bits per heavy atom. The first-order valence-corrected chi connectivity index (χ1v) is 17.3. The highest BCUT2D eigenvalue weighted by Crippen LogP contribution is 2.42. The SMILES string of the molecule is Cn1nc(-c2ccc(OCc3ccccc3)nc2O)c2cccc(N3C[C@@H]4C[C@H]3CN4CC3CCN(C(=O)OCc4ccccc4)CC3)c21. The number of likely N-dealkylation sites (tertiary alicyclic amines) is 2. The molecule has 2 atom stereocenters. The minimum Gasteiger partial charge on any atom is -0.493 e. The molecule has 0 unspecified atom stereocenters. The number of carbonyl (C=O) groups excluding carboxylic acids is 1. The van der Waals surface area contributed by atoms with E-state index in [-0.39, 0.29) is 12.0 Å². The normalized spacial score (nSPS) is 19.5. The molecule has 5 heterocycles. The zero-order valence-corrected chi connectivity index (χ0v) is 27.8. The molecule has 3 aromatic carbocycles. The van der Waals surface area contributed by atoms with Gasteiger partial charge < -0.3 is 24.4 Å². The van der Waals surface area contributed by atoms with Crippen LogP contribution in [-0.4, -0.2) is 80.6 Å². The van der Waals surface area contributed by atoms with Crippen molar-refractivity contribution in [2.45, 2.75) is 44.6 Å². The molecule has 2 aromatic heterocycles. The van der Waals surface area contributed by atoms with Crippen molar-refractivity contribution >= 4 is 22.7 Å². The number of aromatic nitrogens is 3. The van der Waals surface area contributed by atoms with Crippen LogP contribution >= 0.6 is 0 Å². The summed E-state index contributed by atoms with van der Waals surface area (Å²) in [4.78, 5) is 24.1. The van der Waals surface area contributed by atoms with E-state index in [1.165, 1.54) is 5.69 Å². The molecule has 2 bridgehead atoms. The number of ether oxygens (including phenoxy) is 2. The standard InChI is InChI=1S/C39H42N6O4/c1-42-37-32(36(41-42)33-15-16-35(40-38(33)46)48-25-28-9-4-2-5-10-28)13-8-14-34(37)45-24-30-21-31(45)23-44(30)22-27-17-19-43(20-18-27)39(47)49-26-29-11-6-3-7-12-29/h2-16,27,30-31H,17-26H2,1H3,(H,40,46)/t30-,31-/m0/s1. The van der Waals surface area contributed by atoms with Crippen molar-refractivity contribution in [3.63, 3.8) is 0 Å². The summed E-state index contributed by atoms with van der Waals surface area (Å²) in [6, 6.07) is 30.7. The second-order valence-electron chi connectivity index (χ2n) is 13.6. The number of para-hydroxylation sites is 1. The van der Waals surface area contributed by atoms with Crippen LogP contribution in [0.2, 0.25) is 0 Å². The summed E-state index contributed by atoms with van der Waals surface area (Å²) in [6.45, 7) is 5.31. The quantitative estimate of drug-likeness (QED) is 0.199. The number of nitrogens with zero attached hydrogens (tertiary/aromatic N) is 6. The topological polar surface area (TPSA) is 96.2 Å². The van der Waals surface area contributed by atoms with Gasteiger partial charge in [-0.3, -0.25) is 9.58 Å². The first-order valence-electron chi connectivity index (χ1n) is 17.3. The van der Waals surface area contributed by atoms with Crippen LogP contribution in [0.25, 0.3) is 22.2 Å². The predicted octanol–water partition coefficient (Wildman–Crippen LogP) is 6.23. The molecule has 1 N–H and O–H groups in total. The number of amides is 1. The highest BCUT2D eigenvalue weighted by Gasteiger charge is 2.44. The van der Waals surface area contributed by atoms with Crippen molar-refractivity contribution < 1.29 is 19.4 Å². The second kappa shape index (κ2) is 13.4. The van der Waals surface area contributed by atoms with Gasteiger partial charge in [-0.1, -0.05) is 72.8 Å². The Bertz CT molecular complexity index is 1920. The average molecular weight is 659 g/mol. The number of hydrogen-bond acceptors (Lipinski definition) is 8. The van der Waals surface area contributed by atoms with Crippen LogP contribution in [0.4, 0.5) is 10.5 Å². The first-order chi connectivity index (χ1) is 24.0. The second-order valence-corrected chi connectivity index (χ2v) is 13.6. The lowest BCUT2D eigenvalue weighted by Gasteiger charge is -2.39. The molecule has 3 saturated heterocycles. The fraction of sp³-hybridized carbons (Fsp3) is 0.359. The van der Waals surface area contributed by atoms with Crippen molar-refractivity contribution in [1.29, 1.82) is 0 Å². The summed E-state index contributed by atoms with van der Waals surface area (Å²) >= 11 is 0. The number of hydrogen-bond donors (Lipinski definition) is 1. The monoisotopic (exact) mass is 658 g/mol. The fourth-order valence-electron chi connectivity index (χ4n) is 7.88. The molecule has 5 aromatic rings. The minimum absolute atomic E-state index is 0.0956. The summed E-state index contributed by atoms with van der Waals surface area (Å²) < 4.78 is 13.3. The van der Waals surface area contributed by atoms with E-state index in [0.717, 1.165) is 74.0 Å². The molecule has 10 nitrogen and oxygen atoms in total. The molecule has 3 aliphatic heterocycles. The maximum atomic E-state index is 12.7. The van der Waals surface area contributed by atoms with Crippen LogP contribution in [0.1, 0.15) is 30.4 Å². The molecule has 0 radical (unpaired) electrons. The lowest BCUT2D eigenvalue weighted by Crippen LogP contribution is -2.49. The number of aromatic hydroxyl groups is 1. The van der Waals surface area contributed by atoms with Gasteiger partial charge in [0, 0.05) is 63.3 Å². The molecule has 0 spiro atoms. The zero-order valence-electron chi connectivity index (χ0n) is 27.8. The molecule has 49 heavy (non-hydrogen) atoms. The van der Waals surface area contributed by atoms with Gasteiger partial charge >= 0.3 is 6.09 Å². The highest BCUT2D eigenvalue weighted by atomic mass is 16.6. The van der Waals surface area contributed by atoms with Crippen molar-refractivity contribution in [2.24, 2.45) is 13.0 Å². The lowest BCUT2D eigenvalue weighted by atomic mass is 9.96. The highest BCUT2D eigenvalue weighted by molar-refractivity contribution is 6.01. The predicted molar refractivity (Wildman–Crippen MR) is 188 cm³/mol. The van der Waals surface area contributed by atoms with Crippen LogP contribution in [0, 0.1) is 5.92 Å². The molecule has 3 aliphatic rings. The fourth-order valence-corrected chi connectivity index (χ4v) is 7.88. The van der Waals surface area contributed by atoms with Gasteiger partial charge in [0.15, 0.2) is 0 Å². The third-order valence-electron chi connectivity index (χ3n) is 10.4. The number of carbonyl (C=O) groups is 1. The van der Waals surface area contributed by atoms with Crippen LogP contribution in [0.3, 0.4) is 0 Å². The van der Waals surface area contributed by atoms with Gasteiger partial charge in [0.25, 0.3) is 0 Å². The Morgan fingerprint density at radius 3 is 2.29 bits per heavy atom. The van der Waals surface area contributed by atoms with E-state index in [9.17, 15) is 9.90 Å².